The normalized spacial score (nSPS) is 13.5. The van der Waals surface area contributed by atoms with Crippen molar-refractivity contribution < 1.29 is 13.2 Å². The van der Waals surface area contributed by atoms with Crippen LogP contribution in [0.3, 0.4) is 0 Å². The van der Waals surface area contributed by atoms with Crippen molar-refractivity contribution >= 4 is 29.1 Å². The second-order valence-corrected chi connectivity index (χ2v) is 8.28. The molecule has 0 amide bonds. The molecule has 180 valence electrons. The SMILES string of the molecule is Cc1[nH]nc2nc(Cc3ccc(F)cc3F)c(C#N)c(-c3ccc(N4CCNCC4)cc3F)c12.Cl. The van der Waals surface area contributed by atoms with Gasteiger partial charge in [0, 0.05) is 61.2 Å². The van der Waals surface area contributed by atoms with Gasteiger partial charge in [0.15, 0.2) is 5.65 Å². The summed E-state index contributed by atoms with van der Waals surface area (Å²) in [6.45, 7) is 4.97. The van der Waals surface area contributed by atoms with Gasteiger partial charge in [0.05, 0.1) is 16.6 Å². The quantitative estimate of drug-likeness (QED) is 0.428. The number of aryl methyl sites for hydroxylation is 1. The van der Waals surface area contributed by atoms with Crippen molar-refractivity contribution in [2.45, 2.75) is 13.3 Å². The number of aromatic nitrogens is 3. The van der Waals surface area contributed by atoms with Gasteiger partial charge in [-0.3, -0.25) is 5.10 Å². The Labute approximate surface area is 206 Å². The highest BCUT2D eigenvalue weighted by Crippen LogP contribution is 2.37. The number of nitrogens with one attached hydrogen (secondary N) is 2. The molecule has 10 heteroatoms. The van der Waals surface area contributed by atoms with Gasteiger partial charge < -0.3 is 10.2 Å². The minimum absolute atomic E-state index is 0. The molecule has 5 rings (SSSR count). The average Bonchev–Trinajstić information content (AvgIpc) is 3.21. The molecular weight excluding hydrogens is 477 g/mol. The highest BCUT2D eigenvalue weighted by molar-refractivity contribution is 5.98. The van der Waals surface area contributed by atoms with E-state index >= 15 is 4.39 Å². The molecule has 0 unspecified atom stereocenters. The number of H-pyrrole nitrogens is 1. The number of piperazine rings is 1. The Hall–Kier alpha value is -3.61. The molecule has 0 aliphatic carbocycles. The number of hydrogen-bond donors (Lipinski definition) is 2. The molecule has 0 bridgehead atoms. The maximum Gasteiger partial charge on any atom is 0.182 e. The molecule has 0 radical (unpaired) electrons. The topological polar surface area (TPSA) is 80.6 Å². The Morgan fingerprint density at radius 2 is 1.83 bits per heavy atom. The van der Waals surface area contributed by atoms with E-state index in [1.165, 1.54) is 12.1 Å². The minimum atomic E-state index is -0.739. The molecule has 0 spiro atoms. The summed E-state index contributed by atoms with van der Waals surface area (Å²) >= 11 is 0. The summed E-state index contributed by atoms with van der Waals surface area (Å²) in [6.07, 6.45) is -0.0651. The Morgan fingerprint density at radius 1 is 1.06 bits per heavy atom. The van der Waals surface area contributed by atoms with E-state index in [0.29, 0.717) is 22.3 Å². The maximum absolute atomic E-state index is 15.5. The van der Waals surface area contributed by atoms with E-state index in [1.807, 2.05) is 6.07 Å². The zero-order chi connectivity index (χ0) is 23.8. The fourth-order valence-corrected chi connectivity index (χ4v) is 4.44. The van der Waals surface area contributed by atoms with E-state index < -0.39 is 17.5 Å². The first-order chi connectivity index (χ1) is 16.5. The third kappa shape index (κ3) is 4.55. The molecule has 6 nitrogen and oxygen atoms in total. The Morgan fingerprint density at radius 3 is 2.51 bits per heavy atom. The van der Waals surface area contributed by atoms with Crippen LogP contribution < -0.4 is 10.2 Å². The predicted octanol–water partition coefficient (Wildman–Crippen LogP) is 4.64. The van der Waals surface area contributed by atoms with Crippen molar-refractivity contribution in [3.05, 3.63) is 76.4 Å². The van der Waals surface area contributed by atoms with Crippen LogP contribution in [0.5, 0.6) is 0 Å². The lowest BCUT2D eigenvalue weighted by Gasteiger charge is -2.29. The van der Waals surface area contributed by atoms with Crippen LogP contribution in [0.25, 0.3) is 22.2 Å². The van der Waals surface area contributed by atoms with Crippen molar-refractivity contribution in [2.24, 2.45) is 0 Å². The Kier molecular flexibility index (Phi) is 6.96. The molecule has 2 N–H and O–H groups in total. The molecule has 1 aliphatic heterocycles. The smallest absolute Gasteiger partial charge is 0.182 e. The molecule has 0 atom stereocenters. The van der Waals surface area contributed by atoms with Crippen molar-refractivity contribution in [1.29, 1.82) is 5.26 Å². The lowest BCUT2D eigenvalue weighted by Crippen LogP contribution is -2.43. The molecule has 2 aromatic carbocycles. The molecule has 2 aromatic heterocycles. The molecule has 1 fully saturated rings. The number of aromatic amines is 1. The van der Waals surface area contributed by atoms with Crippen molar-refractivity contribution in [3.63, 3.8) is 0 Å². The number of pyridine rings is 1. The lowest BCUT2D eigenvalue weighted by atomic mass is 9.93. The van der Waals surface area contributed by atoms with Crippen molar-refractivity contribution in [3.8, 4) is 17.2 Å². The van der Waals surface area contributed by atoms with Crippen LogP contribution >= 0.6 is 12.4 Å². The van der Waals surface area contributed by atoms with Gasteiger partial charge in [-0.1, -0.05) is 6.07 Å². The number of fused-ring (bicyclic) bond motifs is 1. The molecule has 3 heterocycles. The summed E-state index contributed by atoms with van der Waals surface area (Å²) in [5.74, 6) is -1.91. The third-order valence-corrected chi connectivity index (χ3v) is 6.15. The van der Waals surface area contributed by atoms with Crippen LogP contribution in [-0.4, -0.2) is 41.4 Å². The van der Waals surface area contributed by atoms with Gasteiger partial charge in [-0.05, 0) is 36.8 Å². The van der Waals surface area contributed by atoms with Crippen molar-refractivity contribution in [1.82, 2.24) is 20.5 Å². The summed E-state index contributed by atoms with van der Waals surface area (Å²) < 4.78 is 43.3. The van der Waals surface area contributed by atoms with Crippen LogP contribution in [0, 0.1) is 35.7 Å². The molecule has 1 saturated heterocycles. The summed E-state index contributed by atoms with van der Waals surface area (Å²) in [6, 6.07) is 10.4. The van der Waals surface area contributed by atoms with E-state index in [9.17, 15) is 14.0 Å². The monoisotopic (exact) mass is 498 g/mol. The highest BCUT2D eigenvalue weighted by Gasteiger charge is 2.24. The van der Waals surface area contributed by atoms with Gasteiger partial charge in [-0.15, -0.1) is 12.4 Å². The lowest BCUT2D eigenvalue weighted by molar-refractivity contribution is 0.574. The van der Waals surface area contributed by atoms with Gasteiger partial charge in [0.1, 0.15) is 23.5 Å². The van der Waals surface area contributed by atoms with Gasteiger partial charge in [-0.2, -0.15) is 10.4 Å². The summed E-state index contributed by atoms with van der Waals surface area (Å²) in [7, 11) is 0. The number of nitriles is 1. The Balaban J connectivity index is 0.00000289. The largest absolute Gasteiger partial charge is 0.369 e. The zero-order valence-corrected chi connectivity index (χ0v) is 19.6. The predicted molar refractivity (Wildman–Crippen MR) is 130 cm³/mol. The first-order valence-electron chi connectivity index (χ1n) is 10.9. The van der Waals surface area contributed by atoms with E-state index in [4.69, 9.17) is 0 Å². The first kappa shape index (κ1) is 24.5. The first-order valence-corrected chi connectivity index (χ1v) is 10.9. The van der Waals surface area contributed by atoms with Gasteiger partial charge in [-0.25, -0.2) is 18.2 Å². The molecular formula is C25H22ClF3N6. The Bertz CT molecular complexity index is 1440. The van der Waals surface area contributed by atoms with E-state index in [-0.39, 0.29) is 41.2 Å². The second kappa shape index (κ2) is 9.94. The van der Waals surface area contributed by atoms with Crippen LogP contribution in [0.1, 0.15) is 22.5 Å². The highest BCUT2D eigenvalue weighted by atomic mass is 35.5. The third-order valence-electron chi connectivity index (χ3n) is 6.15. The number of hydrogen-bond acceptors (Lipinski definition) is 5. The number of halogens is 4. The van der Waals surface area contributed by atoms with Crippen molar-refractivity contribution in [2.75, 3.05) is 31.1 Å². The van der Waals surface area contributed by atoms with E-state index in [2.05, 4.69) is 31.5 Å². The number of rotatable bonds is 4. The number of benzene rings is 2. The van der Waals surface area contributed by atoms with E-state index in [0.717, 1.165) is 44.0 Å². The second-order valence-electron chi connectivity index (χ2n) is 8.28. The summed E-state index contributed by atoms with van der Waals surface area (Å²) in [4.78, 5) is 6.57. The van der Waals surface area contributed by atoms with Crippen LogP contribution in [0.4, 0.5) is 18.9 Å². The standard InChI is InChI=1S/C25H21F3N6.ClH/c1-14-23-24(18-5-4-17(12-21(18)28)34-8-6-30-7-9-34)19(13-29)22(31-25(23)33-32-14)10-15-2-3-16(26)11-20(15)27;/h2-5,11-12,30H,6-10H2,1H3,(H,31,32,33);1H. The van der Waals surface area contributed by atoms with Crippen LogP contribution in [-0.2, 0) is 6.42 Å². The van der Waals surface area contributed by atoms with Crippen LogP contribution in [0.2, 0.25) is 0 Å². The van der Waals surface area contributed by atoms with E-state index in [1.54, 1.807) is 13.0 Å². The molecule has 35 heavy (non-hydrogen) atoms. The van der Waals surface area contributed by atoms with Gasteiger partial charge in [0.25, 0.3) is 0 Å². The zero-order valence-electron chi connectivity index (χ0n) is 18.8. The number of nitrogens with zero attached hydrogens (tertiary/aromatic N) is 4. The fraction of sp³-hybridized carbons (Fsp3) is 0.240. The number of anilines is 1. The average molecular weight is 499 g/mol. The molecule has 1 aliphatic rings. The van der Waals surface area contributed by atoms with Gasteiger partial charge in [0.2, 0.25) is 0 Å². The molecule has 0 saturated carbocycles. The summed E-state index contributed by atoms with van der Waals surface area (Å²) in [5.41, 5.74) is 2.87. The fourth-order valence-electron chi connectivity index (χ4n) is 4.44. The maximum atomic E-state index is 15.5. The van der Waals surface area contributed by atoms with Gasteiger partial charge >= 0.3 is 0 Å². The minimum Gasteiger partial charge on any atom is -0.369 e. The van der Waals surface area contributed by atoms with Crippen LogP contribution in [0.15, 0.2) is 36.4 Å². The summed E-state index contributed by atoms with van der Waals surface area (Å²) in [5, 5.41) is 20.9. The molecule has 4 aromatic rings.